The molecule has 0 spiro atoms. The Morgan fingerprint density at radius 3 is 2.56 bits per heavy atom. The van der Waals surface area contributed by atoms with Crippen molar-refractivity contribution < 1.29 is 9.90 Å². The number of hydrogen-bond donors (Lipinski definition) is 0. The van der Waals surface area contributed by atoms with Crippen molar-refractivity contribution in [1.82, 2.24) is 14.7 Å². The molecule has 0 bridgehead atoms. The summed E-state index contributed by atoms with van der Waals surface area (Å²) in [7, 11) is 0. The summed E-state index contributed by atoms with van der Waals surface area (Å²) in [5.41, 5.74) is 6.17. The number of carbonyl (C=O) groups is 1. The van der Waals surface area contributed by atoms with Gasteiger partial charge in [-0.1, -0.05) is 31.2 Å². The van der Waals surface area contributed by atoms with Crippen LogP contribution in [0.4, 0.5) is 16.2 Å². The first-order valence-corrected chi connectivity index (χ1v) is 11.7. The molecule has 0 atom stereocenters. The van der Waals surface area contributed by atoms with Crippen molar-refractivity contribution >= 4 is 28.4 Å². The standard InChI is InChI=1S/C27H29N5O2/c1-3-15-30(23-10-13-28-14-11-23)31-18-20(2)25-17-24(8-9-26(25)31)32(27(33)34)29-16-12-21-6-4-5-7-22(21)19-29/h4-11,13-14,17-18H,3,12,15-16,19H2,1-2H3,(H,33,34)/p-1. The molecule has 0 saturated carbocycles. The minimum atomic E-state index is -1.22. The second-order valence-electron chi connectivity index (χ2n) is 8.67. The molecular weight excluding hydrogens is 426 g/mol. The quantitative estimate of drug-likeness (QED) is 0.438. The lowest BCUT2D eigenvalue weighted by molar-refractivity contribution is -0.250. The molecule has 1 amide bonds. The van der Waals surface area contributed by atoms with Crippen molar-refractivity contribution in [2.45, 2.75) is 33.2 Å². The van der Waals surface area contributed by atoms with Crippen LogP contribution in [-0.4, -0.2) is 33.9 Å². The minimum Gasteiger partial charge on any atom is -0.529 e. The summed E-state index contributed by atoms with van der Waals surface area (Å²) >= 11 is 0. The van der Waals surface area contributed by atoms with Crippen LogP contribution in [0, 0.1) is 6.92 Å². The zero-order valence-electron chi connectivity index (χ0n) is 19.5. The van der Waals surface area contributed by atoms with E-state index in [1.54, 1.807) is 12.4 Å². The number of fused-ring (bicyclic) bond motifs is 2. The van der Waals surface area contributed by atoms with E-state index in [0.717, 1.165) is 47.1 Å². The van der Waals surface area contributed by atoms with Gasteiger partial charge in [0, 0.05) is 43.6 Å². The van der Waals surface area contributed by atoms with Crippen LogP contribution in [0.5, 0.6) is 0 Å². The van der Waals surface area contributed by atoms with Gasteiger partial charge >= 0.3 is 0 Å². The summed E-state index contributed by atoms with van der Waals surface area (Å²) in [5, 5.41) is 18.6. The molecule has 5 rings (SSSR count). The Balaban J connectivity index is 1.53. The van der Waals surface area contributed by atoms with Crippen molar-refractivity contribution in [2.75, 3.05) is 23.1 Å². The zero-order chi connectivity index (χ0) is 23.7. The first-order chi connectivity index (χ1) is 16.6. The number of anilines is 2. The Morgan fingerprint density at radius 2 is 1.82 bits per heavy atom. The van der Waals surface area contributed by atoms with Gasteiger partial charge in [-0.3, -0.25) is 19.7 Å². The first kappa shape index (κ1) is 22.0. The predicted molar refractivity (Wildman–Crippen MR) is 132 cm³/mol. The van der Waals surface area contributed by atoms with E-state index in [2.05, 4.69) is 46.8 Å². The van der Waals surface area contributed by atoms with Crippen LogP contribution in [0.25, 0.3) is 10.9 Å². The number of aromatic nitrogens is 2. The Hall–Kier alpha value is -3.84. The lowest BCUT2D eigenvalue weighted by Crippen LogP contribution is -2.53. The van der Waals surface area contributed by atoms with Gasteiger partial charge in [-0.2, -0.15) is 0 Å². The normalized spacial score (nSPS) is 13.6. The lowest BCUT2D eigenvalue weighted by atomic mass is 10.0. The number of benzene rings is 2. The number of hydrogen-bond acceptors (Lipinski definition) is 5. The van der Waals surface area contributed by atoms with Crippen LogP contribution in [0.3, 0.4) is 0 Å². The van der Waals surface area contributed by atoms with Crippen LogP contribution in [0.1, 0.15) is 30.0 Å². The smallest absolute Gasteiger partial charge is 0.157 e. The molecular formula is C27H28N5O2-. The second-order valence-corrected chi connectivity index (χ2v) is 8.67. The third-order valence-electron chi connectivity index (χ3n) is 6.43. The van der Waals surface area contributed by atoms with Gasteiger partial charge in [0.25, 0.3) is 0 Å². The number of hydrazine groups is 1. The third-order valence-corrected chi connectivity index (χ3v) is 6.43. The lowest BCUT2D eigenvalue weighted by Gasteiger charge is -2.39. The van der Waals surface area contributed by atoms with Crippen LogP contribution in [0.15, 0.2) is 73.2 Å². The Kier molecular flexibility index (Phi) is 5.94. The van der Waals surface area contributed by atoms with Gasteiger partial charge in [0.05, 0.1) is 16.9 Å². The average Bonchev–Trinajstić information content (AvgIpc) is 3.18. The largest absolute Gasteiger partial charge is 0.529 e. The van der Waals surface area contributed by atoms with Gasteiger partial charge in [0.1, 0.15) is 0 Å². The summed E-state index contributed by atoms with van der Waals surface area (Å²) in [5.74, 6) is 0. The average molecular weight is 455 g/mol. The molecule has 4 aromatic rings. The van der Waals surface area contributed by atoms with Crippen molar-refractivity contribution in [3.63, 3.8) is 0 Å². The molecule has 0 fully saturated rings. The van der Waals surface area contributed by atoms with Crippen LogP contribution in [0.2, 0.25) is 0 Å². The molecule has 1 aliphatic rings. The van der Waals surface area contributed by atoms with E-state index in [1.165, 1.54) is 10.6 Å². The van der Waals surface area contributed by atoms with Gasteiger partial charge in [0.2, 0.25) is 0 Å². The third kappa shape index (κ3) is 3.99. The van der Waals surface area contributed by atoms with Gasteiger partial charge in [0.15, 0.2) is 6.09 Å². The Bertz CT molecular complexity index is 1320. The maximum atomic E-state index is 12.3. The summed E-state index contributed by atoms with van der Waals surface area (Å²) in [6.45, 7) is 6.20. The number of nitrogens with zero attached hydrogens (tertiary/aromatic N) is 5. The minimum absolute atomic E-state index is 0.536. The number of rotatable bonds is 6. The van der Waals surface area contributed by atoms with E-state index in [0.29, 0.717) is 18.8 Å². The van der Waals surface area contributed by atoms with E-state index in [-0.39, 0.29) is 0 Å². The van der Waals surface area contributed by atoms with Gasteiger partial charge in [-0.15, -0.1) is 0 Å². The fourth-order valence-electron chi connectivity index (χ4n) is 4.82. The molecule has 3 heterocycles. The highest BCUT2D eigenvalue weighted by molar-refractivity contribution is 5.92. The molecule has 0 radical (unpaired) electrons. The molecule has 0 aliphatic carbocycles. The van der Waals surface area contributed by atoms with Crippen LogP contribution in [-0.2, 0) is 13.0 Å². The highest BCUT2D eigenvalue weighted by Crippen LogP contribution is 2.31. The number of pyridine rings is 1. The molecule has 0 saturated heterocycles. The highest BCUT2D eigenvalue weighted by atomic mass is 16.4. The van der Waals surface area contributed by atoms with E-state index in [4.69, 9.17) is 0 Å². The summed E-state index contributed by atoms with van der Waals surface area (Å²) in [6.07, 6.45) is 6.25. The summed E-state index contributed by atoms with van der Waals surface area (Å²) in [6, 6.07) is 18.0. The van der Waals surface area contributed by atoms with Crippen molar-refractivity contribution in [1.29, 1.82) is 0 Å². The molecule has 2 aromatic carbocycles. The molecule has 0 N–H and O–H groups in total. The molecule has 1 aliphatic heterocycles. The van der Waals surface area contributed by atoms with Gasteiger partial charge in [-0.25, -0.2) is 5.01 Å². The maximum absolute atomic E-state index is 12.3. The number of carboxylic acid groups (broad SMARTS) is 1. The van der Waals surface area contributed by atoms with Crippen molar-refractivity contribution in [3.05, 3.63) is 89.9 Å². The van der Waals surface area contributed by atoms with E-state index in [1.807, 2.05) is 47.5 Å². The van der Waals surface area contributed by atoms with Gasteiger partial charge in [-0.05, 0) is 66.8 Å². The SMILES string of the molecule is CCCN(c1ccncc1)n1cc(C)c2cc(N(C(=O)[O-])N3CCc4ccccc4C3)ccc21. The molecule has 174 valence electrons. The Morgan fingerprint density at radius 1 is 1.06 bits per heavy atom. The monoisotopic (exact) mass is 454 g/mol. The molecule has 2 aromatic heterocycles. The van der Waals surface area contributed by atoms with E-state index >= 15 is 0 Å². The highest BCUT2D eigenvalue weighted by Gasteiger charge is 2.24. The van der Waals surface area contributed by atoms with Crippen molar-refractivity contribution in [3.8, 4) is 0 Å². The molecule has 7 nitrogen and oxygen atoms in total. The fraction of sp³-hybridized carbons (Fsp3) is 0.259. The molecule has 7 heteroatoms. The topological polar surface area (TPSA) is 67.7 Å². The molecule has 0 unspecified atom stereocenters. The van der Waals surface area contributed by atoms with E-state index < -0.39 is 6.09 Å². The van der Waals surface area contributed by atoms with Crippen LogP contribution >= 0.6 is 0 Å². The van der Waals surface area contributed by atoms with Gasteiger partial charge < -0.3 is 9.90 Å². The number of carbonyl (C=O) groups excluding carboxylic acids is 1. The fourth-order valence-corrected chi connectivity index (χ4v) is 4.82. The summed E-state index contributed by atoms with van der Waals surface area (Å²) < 4.78 is 2.15. The Labute approximate surface area is 199 Å². The van der Waals surface area contributed by atoms with Crippen LogP contribution < -0.4 is 15.1 Å². The second kappa shape index (κ2) is 9.19. The van der Waals surface area contributed by atoms with E-state index in [9.17, 15) is 9.90 Å². The number of amides is 1. The zero-order valence-corrected chi connectivity index (χ0v) is 19.5. The maximum Gasteiger partial charge on any atom is 0.157 e. The number of aryl methyl sites for hydroxylation is 1. The predicted octanol–water partition coefficient (Wildman–Crippen LogP) is 4.15. The summed E-state index contributed by atoms with van der Waals surface area (Å²) in [4.78, 5) is 16.4. The molecule has 34 heavy (non-hydrogen) atoms. The first-order valence-electron chi connectivity index (χ1n) is 11.7. The van der Waals surface area contributed by atoms with Crippen molar-refractivity contribution in [2.24, 2.45) is 0 Å².